The van der Waals surface area contributed by atoms with Gasteiger partial charge in [0.05, 0.1) is 20.0 Å². The smallest absolute Gasteiger partial charge is 0.200 e. The van der Waals surface area contributed by atoms with E-state index in [1.807, 2.05) is 42.5 Å². The van der Waals surface area contributed by atoms with Gasteiger partial charge < -0.3 is 19.2 Å². The summed E-state index contributed by atoms with van der Waals surface area (Å²) in [5.74, 6) is 2.04. The van der Waals surface area contributed by atoms with Gasteiger partial charge in [0.25, 0.3) is 0 Å². The zero-order valence-corrected chi connectivity index (χ0v) is 17.5. The van der Waals surface area contributed by atoms with Gasteiger partial charge in [-0.25, -0.2) is 0 Å². The maximum Gasteiger partial charge on any atom is 0.200 e. The lowest BCUT2D eigenvalue weighted by Gasteiger charge is -2.22. The van der Waals surface area contributed by atoms with Crippen LogP contribution in [0.1, 0.15) is 43.2 Å². The number of fused-ring (bicyclic) bond motifs is 1. The first-order valence-electron chi connectivity index (χ1n) is 10.7. The minimum absolute atomic E-state index is 0.0299. The van der Waals surface area contributed by atoms with Crippen molar-refractivity contribution in [1.29, 1.82) is 0 Å². The third-order valence-corrected chi connectivity index (χ3v) is 5.84. The highest BCUT2D eigenvalue weighted by Crippen LogP contribution is 2.27. The summed E-state index contributed by atoms with van der Waals surface area (Å²) >= 11 is 0. The van der Waals surface area contributed by atoms with Gasteiger partial charge in [0.15, 0.2) is 0 Å². The average molecular weight is 408 g/mol. The second-order valence-corrected chi connectivity index (χ2v) is 7.99. The molecule has 4 rings (SSSR count). The maximum absolute atomic E-state index is 13.1. The van der Waals surface area contributed by atoms with Crippen LogP contribution in [0.25, 0.3) is 11.0 Å². The van der Waals surface area contributed by atoms with Gasteiger partial charge in [-0.1, -0.05) is 37.5 Å². The maximum atomic E-state index is 13.1. The van der Waals surface area contributed by atoms with Crippen molar-refractivity contribution in [3.63, 3.8) is 0 Å². The molecule has 1 aromatic heterocycles. The molecule has 1 aliphatic carbocycles. The quantitative estimate of drug-likeness (QED) is 0.566. The predicted molar refractivity (Wildman–Crippen MR) is 118 cm³/mol. The van der Waals surface area contributed by atoms with Crippen LogP contribution in [0.3, 0.4) is 0 Å². The van der Waals surface area contributed by atoms with E-state index >= 15 is 0 Å². The largest absolute Gasteiger partial charge is 0.497 e. The minimum Gasteiger partial charge on any atom is -0.497 e. The lowest BCUT2D eigenvalue weighted by molar-refractivity contribution is 0.210. The van der Waals surface area contributed by atoms with Crippen molar-refractivity contribution in [2.24, 2.45) is 5.92 Å². The molecule has 1 heterocycles. The summed E-state index contributed by atoms with van der Waals surface area (Å²) in [5, 5.41) is 3.86. The van der Waals surface area contributed by atoms with Crippen LogP contribution in [-0.4, -0.2) is 13.7 Å². The lowest BCUT2D eigenvalue weighted by Crippen LogP contribution is -2.20. The molecule has 0 unspecified atom stereocenters. The number of ether oxygens (including phenoxy) is 2. The Morgan fingerprint density at radius 1 is 1.03 bits per heavy atom. The molecular formula is C25H29NO4. The van der Waals surface area contributed by atoms with E-state index in [-0.39, 0.29) is 5.43 Å². The molecule has 30 heavy (non-hydrogen) atoms. The zero-order valence-electron chi connectivity index (χ0n) is 17.5. The van der Waals surface area contributed by atoms with E-state index in [2.05, 4.69) is 5.32 Å². The first-order chi connectivity index (χ1) is 14.7. The van der Waals surface area contributed by atoms with Crippen LogP contribution < -0.4 is 20.2 Å². The van der Waals surface area contributed by atoms with Gasteiger partial charge in [0.1, 0.15) is 22.5 Å². The second kappa shape index (κ2) is 9.81. The molecule has 158 valence electrons. The van der Waals surface area contributed by atoms with Gasteiger partial charge in [-0.3, -0.25) is 4.79 Å². The minimum atomic E-state index is -0.0299. The number of nitrogens with one attached hydrogen (secondary N) is 1. The zero-order chi connectivity index (χ0) is 20.8. The fourth-order valence-corrected chi connectivity index (χ4v) is 4.07. The molecule has 5 nitrogen and oxygen atoms in total. The van der Waals surface area contributed by atoms with Crippen molar-refractivity contribution in [2.75, 3.05) is 13.7 Å². The summed E-state index contributed by atoms with van der Waals surface area (Å²) in [4.78, 5) is 13.1. The molecular weight excluding hydrogens is 378 g/mol. The Hall–Kier alpha value is -2.79. The van der Waals surface area contributed by atoms with Crippen molar-refractivity contribution < 1.29 is 13.9 Å². The van der Waals surface area contributed by atoms with E-state index in [0.717, 1.165) is 11.3 Å². The Morgan fingerprint density at radius 2 is 1.83 bits per heavy atom. The van der Waals surface area contributed by atoms with Crippen LogP contribution in [-0.2, 0) is 13.1 Å². The number of methoxy groups -OCH3 is 1. The number of hydrogen-bond donors (Lipinski definition) is 1. The summed E-state index contributed by atoms with van der Waals surface area (Å²) in [5.41, 5.74) is 2.26. The number of rotatable bonds is 8. The van der Waals surface area contributed by atoms with Gasteiger partial charge in [0, 0.05) is 18.7 Å². The normalized spacial score (nSPS) is 14.7. The lowest BCUT2D eigenvalue weighted by atomic mass is 9.90. The van der Waals surface area contributed by atoms with Crippen molar-refractivity contribution in [3.05, 3.63) is 70.1 Å². The van der Waals surface area contributed by atoms with Crippen molar-refractivity contribution in [3.8, 4) is 11.5 Å². The molecule has 0 radical (unpaired) electrons. The van der Waals surface area contributed by atoms with Gasteiger partial charge in [0.2, 0.25) is 5.43 Å². The summed E-state index contributed by atoms with van der Waals surface area (Å²) in [7, 11) is 1.65. The van der Waals surface area contributed by atoms with E-state index in [9.17, 15) is 4.79 Å². The number of benzene rings is 2. The summed E-state index contributed by atoms with van der Waals surface area (Å²) in [6.07, 6.45) is 7.84. The first kappa shape index (κ1) is 20.5. The monoisotopic (exact) mass is 407 g/mol. The van der Waals surface area contributed by atoms with E-state index in [4.69, 9.17) is 13.9 Å². The Morgan fingerprint density at radius 3 is 2.60 bits per heavy atom. The van der Waals surface area contributed by atoms with Crippen LogP contribution >= 0.6 is 0 Å². The summed E-state index contributed by atoms with van der Waals surface area (Å²) < 4.78 is 17.0. The molecule has 0 atom stereocenters. The van der Waals surface area contributed by atoms with Gasteiger partial charge in [-0.2, -0.15) is 0 Å². The summed E-state index contributed by atoms with van der Waals surface area (Å²) in [6.45, 7) is 1.75. The first-order valence-corrected chi connectivity index (χ1v) is 10.7. The molecule has 0 amide bonds. The van der Waals surface area contributed by atoms with Crippen LogP contribution in [0, 0.1) is 5.92 Å². The fraction of sp³-hybridized carbons (Fsp3) is 0.400. The van der Waals surface area contributed by atoms with Crippen LogP contribution in [0.5, 0.6) is 11.5 Å². The molecule has 2 aromatic carbocycles. The van der Waals surface area contributed by atoms with Gasteiger partial charge in [-0.05, 0) is 48.6 Å². The molecule has 1 aliphatic rings. The van der Waals surface area contributed by atoms with E-state index in [1.54, 1.807) is 13.4 Å². The van der Waals surface area contributed by atoms with Gasteiger partial charge >= 0.3 is 0 Å². The Balaban J connectivity index is 1.45. The molecule has 0 aliphatic heterocycles. The molecule has 0 spiro atoms. The summed E-state index contributed by atoms with van der Waals surface area (Å²) in [6, 6.07) is 13.4. The topological polar surface area (TPSA) is 60.7 Å². The highest BCUT2D eigenvalue weighted by Gasteiger charge is 2.16. The van der Waals surface area contributed by atoms with E-state index < -0.39 is 0 Å². The SMILES string of the molecule is COc1ccc(CNCc2coc3cccc(OCC4CCCCC4)c3c2=O)cc1. The standard InChI is InChI=1S/C25H29NO4/c1-28-21-12-10-18(11-13-21)14-26-15-20-17-30-23-9-5-8-22(24(23)25(20)27)29-16-19-6-3-2-4-7-19/h5,8-13,17,19,26H,2-4,6-7,14-16H2,1H3. The second-order valence-electron chi connectivity index (χ2n) is 7.99. The van der Waals surface area contributed by atoms with Crippen LogP contribution in [0.4, 0.5) is 0 Å². The van der Waals surface area contributed by atoms with E-state index in [0.29, 0.717) is 47.9 Å². The molecule has 0 saturated heterocycles. The van der Waals surface area contributed by atoms with Gasteiger partial charge in [-0.15, -0.1) is 0 Å². The third-order valence-electron chi connectivity index (χ3n) is 5.84. The molecule has 3 aromatic rings. The van der Waals surface area contributed by atoms with Crippen LogP contribution in [0.2, 0.25) is 0 Å². The Labute approximate surface area is 177 Å². The Kier molecular flexibility index (Phi) is 6.70. The fourth-order valence-electron chi connectivity index (χ4n) is 4.07. The Bertz CT molecular complexity index is 1020. The number of hydrogen-bond acceptors (Lipinski definition) is 5. The molecule has 1 saturated carbocycles. The van der Waals surface area contributed by atoms with E-state index in [1.165, 1.54) is 32.1 Å². The third kappa shape index (κ3) is 4.85. The predicted octanol–water partition coefficient (Wildman–Crippen LogP) is 5.05. The van der Waals surface area contributed by atoms with Crippen molar-refractivity contribution >= 4 is 11.0 Å². The molecule has 0 bridgehead atoms. The van der Waals surface area contributed by atoms with Crippen LogP contribution in [0.15, 0.2) is 57.9 Å². The van der Waals surface area contributed by atoms with Crippen molar-refractivity contribution in [2.45, 2.75) is 45.2 Å². The molecule has 1 N–H and O–H groups in total. The average Bonchev–Trinajstić information content (AvgIpc) is 2.80. The molecule has 5 heteroatoms. The highest BCUT2D eigenvalue weighted by atomic mass is 16.5. The highest BCUT2D eigenvalue weighted by molar-refractivity contribution is 5.83. The van der Waals surface area contributed by atoms with Crippen molar-refractivity contribution in [1.82, 2.24) is 5.32 Å². The molecule has 1 fully saturated rings.